The van der Waals surface area contributed by atoms with Crippen LogP contribution in [0.1, 0.15) is 12.6 Å². The highest BCUT2D eigenvalue weighted by atomic mass is 32.2. The van der Waals surface area contributed by atoms with Crippen molar-refractivity contribution in [1.29, 1.82) is 0 Å². The predicted molar refractivity (Wildman–Crippen MR) is 73.2 cm³/mol. The minimum atomic E-state index is -3.66. The second kappa shape index (κ2) is 6.18. The van der Waals surface area contributed by atoms with Gasteiger partial charge in [0.1, 0.15) is 4.90 Å². The number of anilines is 1. The summed E-state index contributed by atoms with van der Waals surface area (Å²) < 4.78 is 33.2. The predicted octanol–water partition coefficient (Wildman–Crippen LogP) is 0.182. The van der Waals surface area contributed by atoms with Gasteiger partial charge in [0.2, 0.25) is 10.0 Å². The molecule has 0 aliphatic heterocycles. The van der Waals surface area contributed by atoms with E-state index in [0.717, 1.165) is 5.57 Å². The molecule has 19 heavy (non-hydrogen) atoms. The molecule has 7 nitrogen and oxygen atoms in total. The monoisotopic (exact) mass is 288 g/mol. The van der Waals surface area contributed by atoms with Crippen LogP contribution in [0.4, 0.5) is 5.82 Å². The van der Waals surface area contributed by atoms with E-state index in [9.17, 15) is 8.42 Å². The van der Waals surface area contributed by atoms with E-state index in [-0.39, 0.29) is 23.9 Å². The number of aryl methyl sites for hydroxylation is 1. The Bertz CT molecular complexity index is 563. The Labute approximate surface area is 113 Å². The fourth-order valence-electron chi connectivity index (χ4n) is 1.51. The third-order valence-corrected chi connectivity index (χ3v) is 4.09. The molecule has 0 unspecified atom stereocenters. The van der Waals surface area contributed by atoms with E-state index in [0.29, 0.717) is 12.3 Å². The molecule has 0 aromatic carbocycles. The zero-order chi connectivity index (χ0) is 14.6. The first kappa shape index (κ1) is 15.7. The van der Waals surface area contributed by atoms with Crippen LogP contribution in [0.25, 0.3) is 0 Å². The fourth-order valence-corrected chi connectivity index (χ4v) is 2.85. The maximum Gasteiger partial charge on any atom is 0.246 e. The van der Waals surface area contributed by atoms with Crippen molar-refractivity contribution in [2.45, 2.75) is 18.7 Å². The summed E-state index contributed by atoms with van der Waals surface area (Å²) in [5.41, 5.74) is 6.98. The van der Waals surface area contributed by atoms with Crippen LogP contribution in [0.15, 0.2) is 17.0 Å². The number of ether oxygens (including phenoxy) is 1. The molecule has 1 aromatic heterocycles. The van der Waals surface area contributed by atoms with Crippen LogP contribution in [0.5, 0.6) is 0 Å². The number of hydrogen-bond acceptors (Lipinski definition) is 5. The van der Waals surface area contributed by atoms with Crippen LogP contribution in [-0.2, 0) is 21.8 Å². The van der Waals surface area contributed by atoms with Crippen LogP contribution in [0, 0.1) is 6.92 Å². The summed E-state index contributed by atoms with van der Waals surface area (Å²) in [4.78, 5) is 0.0231. The lowest BCUT2D eigenvalue weighted by atomic mass is 10.4. The summed E-state index contributed by atoms with van der Waals surface area (Å²) in [5, 5.41) is 3.88. The molecule has 3 N–H and O–H groups in total. The quantitative estimate of drug-likeness (QED) is 0.551. The molecule has 1 rings (SSSR count). The van der Waals surface area contributed by atoms with Gasteiger partial charge in [0, 0.05) is 13.6 Å². The minimum absolute atomic E-state index is 0.00430. The highest BCUT2D eigenvalue weighted by molar-refractivity contribution is 7.89. The first-order chi connectivity index (χ1) is 8.75. The molecule has 0 saturated heterocycles. The Balaban J connectivity index is 2.64. The van der Waals surface area contributed by atoms with E-state index in [1.165, 1.54) is 4.68 Å². The smallest absolute Gasteiger partial charge is 0.246 e. The van der Waals surface area contributed by atoms with Crippen LogP contribution in [0.2, 0.25) is 0 Å². The maximum absolute atomic E-state index is 12.1. The van der Waals surface area contributed by atoms with E-state index in [2.05, 4.69) is 16.4 Å². The molecular formula is C11H20N4O3S. The molecule has 8 heteroatoms. The average Bonchev–Trinajstić information content (AvgIpc) is 2.52. The summed E-state index contributed by atoms with van der Waals surface area (Å²) in [7, 11) is -2.02. The highest BCUT2D eigenvalue weighted by Gasteiger charge is 2.23. The Hall–Kier alpha value is -1.38. The Morgan fingerprint density at radius 1 is 1.58 bits per heavy atom. The van der Waals surface area contributed by atoms with Gasteiger partial charge in [0.15, 0.2) is 5.82 Å². The summed E-state index contributed by atoms with van der Waals surface area (Å²) >= 11 is 0. The third kappa shape index (κ3) is 4.05. The summed E-state index contributed by atoms with van der Waals surface area (Å²) in [6.45, 7) is 8.02. The number of nitrogens with zero attached hydrogens (tertiary/aromatic N) is 2. The fraction of sp³-hybridized carbons (Fsp3) is 0.545. The lowest BCUT2D eigenvalue weighted by Crippen LogP contribution is -2.28. The number of hydrogen-bond donors (Lipinski definition) is 2. The Morgan fingerprint density at radius 2 is 2.21 bits per heavy atom. The number of sulfonamides is 1. The molecular weight excluding hydrogens is 268 g/mol. The summed E-state index contributed by atoms with van der Waals surface area (Å²) in [6.07, 6.45) is 0. The molecule has 0 bridgehead atoms. The second-order valence-electron chi connectivity index (χ2n) is 4.33. The molecule has 0 radical (unpaired) electrons. The molecule has 1 heterocycles. The molecule has 108 valence electrons. The maximum atomic E-state index is 12.1. The molecule has 0 saturated carbocycles. The number of nitrogens with two attached hydrogens (primary N) is 1. The molecule has 0 fully saturated rings. The van der Waals surface area contributed by atoms with Crippen molar-refractivity contribution in [3.05, 3.63) is 17.8 Å². The normalized spacial score (nSPS) is 11.7. The first-order valence-electron chi connectivity index (χ1n) is 5.76. The van der Waals surface area contributed by atoms with Crippen molar-refractivity contribution in [3.8, 4) is 0 Å². The van der Waals surface area contributed by atoms with Crippen molar-refractivity contribution in [2.75, 3.05) is 25.5 Å². The van der Waals surface area contributed by atoms with Crippen LogP contribution >= 0.6 is 0 Å². The van der Waals surface area contributed by atoms with Crippen LogP contribution in [0.3, 0.4) is 0 Å². The van der Waals surface area contributed by atoms with Gasteiger partial charge in [-0.25, -0.2) is 13.1 Å². The molecule has 0 aliphatic rings. The lowest BCUT2D eigenvalue weighted by Gasteiger charge is -2.07. The van der Waals surface area contributed by atoms with Gasteiger partial charge in [-0.1, -0.05) is 12.2 Å². The number of nitrogen functional groups attached to an aromatic ring is 1. The van der Waals surface area contributed by atoms with Crippen molar-refractivity contribution in [1.82, 2.24) is 14.5 Å². The number of nitrogens with one attached hydrogen (secondary N) is 1. The van der Waals surface area contributed by atoms with Crippen molar-refractivity contribution in [2.24, 2.45) is 7.05 Å². The molecule has 0 aliphatic carbocycles. The van der Waals surface area contributed by atoms with E-state index in [1.54, 1.807) is 14.0 Å². The number of rotatable bonds is 7. The molecule has 0 amide bonds. The summed E-state index contributed by atoms with van der Waals surface area (Å²) in [5.74, 6) is -0.00430. The first-order valence-corrected chi connectivity index (χ1v) is 7.25. The lowest BCUT2D eigenvalue weighted by molar-refractivity contribution is 0.162. The zero-order valence-electron chi connectivity index (χ0n) is 11.4. The largest absolute Gasteiger partial charge is 0.381 e. The Morgan fingerprint density at radius 3 is 2.68 bits per heavy atom. The van der Waals surface area contributed by atoms with Crippen molar-refractivity contribution < 1.29 is 13.2 Å². The highest BCUT2D eigenvalue weighted by Crippen LogP contribution is 2.20. The van der Waals surface area contributed by atoms with Gasteiger partial charge in [0.25, 0.3) is 0 Å². The third-order valence-electron chi connectivity index (χ3n) is 2.46. The van der Waals surface area contributed by atoms with E-state index in [1.807, 2.05) is 6.92 Å². The SMILES string of the molecule is C=C(C)COCCNS(=O)(=O)c1c(N)nn(C)c1C. The van der Waals surface area contributed by atoms with Crippen LogP contribution in [-0.4, -0.2) is 38.0 Å². The summed E-state index contributed by atoms with van der Waals surface area (Å²) in [6, 6.07) is 0. The van der Waals surface area contributed by atoms with Gasteiger partial charge in [0.05, 0.1) is 18.9 Å². The van der Waals surface area contributed by atoms with Gasteiger partial charge in [-0.05, 0) is 13.8 Å². The Kier molecular flexibility index (Phi) is 5.10. The van der Waals surface area contributed by atoms with Gasteiger partial charge < -0.3 is 10.5 Å². The zero-order valence-corrected chi connectivity index (χ0v) is 12.2. The van der Waals surface area contributed by atoms with Crippen LogP contribution < -0.4 is 10.5 Å². The molecule has 0 spiro atoms. The topological polar surface area (TPSA) is 99.2 Å². The van der Waals surface area contributed by atoms with Crippen molar-refractivity contribution >= 4 is 15.8 Å². The van der Waals surface area contributed by atoms with Gasteiger partial charge in [-0.2, -0.15) is 5.10 Å². The van der Waals surface area contributed by atoms with E-state index >= 15 is 0 Å². The molecule has 1 aromatic rings. The molecule has 0 atom stereocenters. The average molecular weight is 288 g/mol. The standard InChI is InChI=1S/C11H20N4O3S/c1-8(2)7-18-6-5-13-19(16,17)10-9(3)15(4)14-11(10)12/h13H,1,5-7H2,2-4H3,(H2,12,14). The second-order valence-corrected chi connectivity index (χ2v) is 6.03. The van der Waals surface area contributed by atoms with Gasteiger partial charge in [-0.15, -0.1) is 0 Å². The van der Waals surface area contributed by atoms with Crippen molar-refractivity contribution in [3.63, 3.8) is 0 Å². The van der Waals surface area contributed by atoms with Gasteiger partial charge >= 0.3 is 0 Å². The van der Waals surface area contributed by atoms with E-state index in [4.69, 9.17) is 10.5 Å². The number of aromatic nitrogens is 2. The van der Waals surface area contributed by atoms with Gasteiger partial charge in [-0.3, -0.25) is 4.68 Å². The minimum Gasteiger partial charge on any atom is -0.381 e. The van der Waals surface area contributed by atoms with E-state index < -0.39 is 10.0 Å².